The summed E-state index contributed by atoms with van der Waals surface area (Å²) in [6, 6.07) is 7.09. The van der Waals surface area contributed by atoms with Gasteiger partial charge in [-0.05, 0) is 24.1 Å². The predicted molar refractivity (Wildman–Crippen MR) is 67.1 cm³/mol. The highest BCUT2D eigenvalue weighted by molar-refractivity contribution is 5.77. The van der Waals surface area contributed by atoms with E-state index in [1.165, 1.54) is 0 Å². The Morgan fingerprint density at radius 3 is 2.88 bits per heavy atom. The van der Waals surface area contributed by atoms with E-state index < -0.39 is 12.0 Å². The molecule has 0 aliphatic heterocycles. The van der Waals surface area contributed by atoms with E-state index in [1.54, 1.807) is 7.11 Å². The Morgan fingerprint density at radius 2 is 2.29 bits per heavy atom. The number of carbonyl (C=O) groups is 1. The van der Waals surface area contributed by atoms with Crippen LogP contribution >= 0.6 is 0 Å². The maximum absolute atomic E-state index is 11.0. The molecule has 0 heterocycles. The average molecular weight is 237 g/mol. The maximum atomic E-state index is 11.0. The summed E-state index contributed by atoms with van der Waals surface area (Å²) in [7, 11) is 1.64. The number of benzene rings is 1. The third-order valence-electron chi connectivity index (χ3n) is 2.45. The molecule has 0 aromatic heterocycles. The molecule has 0 aliphatic rings. The Morgan fingerprint density at radius 1 is 1.53 bits per heavy atom. The Kier molecular flexibility index (Phi) is 5.49. The third kappa shape index (κ3) is 4.44. The van der Waals surface area contributed by atoms with Gasteiger partial charge in [0.15, 0.2) is 0 Å². The molecule has 0 saturated carbocycles. The van der Waals surface area contributed by atoms with Crippen LogP contribution in [-0.4, -0.2) is 24.2 Å². The van der Waals surface area contributed by atoms with Crippen LogP contribution in [0.3, 0.4) is 0 Å². The second kappa shape index (κ2) is 6.91. The number of methoxy groups -OCH3 is 1. The van der Waals surface area contributed by atoms with Gasteiger partial charge < -0.3 is 15.2 Å². The molecule has 4 heteroatoms. The summed E-state index contributed by atoms with van der Waals surface area (Å²) in [4.78, 5) is 11.0. The van der Waals surface area contributed by atoms with Crippen LogP contribution in [0.15, 0.2) is 24.3 Å². The van der Waals surface area contributed by atoms with Crippen molar-refractivity contribution in [1.82, 2.24) is 0 Å². The van der Waals surface area contributed by atoms with Gasteiger partial charge in [-0.2, -0.15) is 0 Å². The fourth-order valence-electron chi connectivity index (χ4n) is 1.66. The lowest BCUT2D eigenvalue weighted by Crippen LogP contribution is -2.28. The first-order chi connectivity index (χ1) is 8.17. The van der Waals surface area contributed by atoms with Crippen LogP contribution in [0.25, 0.3) is 0 Å². The first-order valence-electron chi connectivity index (χ1n) is 5.74. The van der Waals surface area contributed by atoms with Crippen molar-refractivity contribution in [2.24, 2.45) is 0 Å². The number of rotatable bonds is 7. The fraction of sp³-hybridized carbons (Fsp3) is 0.462. The fourth-order valence-corrected chi connectivity index (χ4v) is 1.66. The Bertz CT molecular complexity index is 365. The lowest BCUT2D eigenvalue weighted by Gasteiger charge is -2.15. The first-order valence-corrected chi connectivity index (χ1v) is 5.74. The molecule has 0 amide bonds. The summed E-state index contributed by atoms with van der Waals surface area (Å²) in [5.74, 6) is -0.816. The number of nitrogens with one attached hydrogen (secondary N) is 1. The van der Waals surface area contributed by atoms with Crippen molar-refractivity contribution in [1.29, 1.82) is 0 Å². The lowest BCUT2D eigenvalue weighted by atomic mass is 10.1. The Labute approximate surface area is 102 Å². The van der Waals surface area contributed by atoms with E-state index in [1.807, 2.05) is 31.2 Å². The van der Waals surface area contributed by atoms with Gasteiger partial charge in [-0.25, -0.2) is 4.79 Å². The van der Waals surface area contributed by atoms with E-state index >= 15 is 0 Å². The summed E-state index contributed by atoms with van der Waals surface area (Å²) >= 11 is 0. The molecule has 1 atom stereocenters. The van der Waals surface area contributed by atoms with E-state index in [-0.39, 0.29) is 0 Å². The van der Waals surface area contributed by atoms with Gasteiger partial charge in [0.2, 0.25) is 0 Å². The van der Waals surface area contributed by atoms with Gasteiger partial charge in [0.25, 0.3) is 0 Å². The zero-order chi connectivity index (χ0) is 12.7. The number of aliphatic carboxylic acids is 1. The van der Waals surface area contributed by atoms with Crippen LogP contribution in [0.1, 0.15) is 25.3 Å². The van der Waals surface area contributed by atoms with Crippen molar-refractivity contribution in [2.45, 2.75) is 32.4 Å². The number of anilines is 1. The predicted octanol–water partition coefficient (Wildman–Crippen LogP) is 2.50. The van der Waals surface area contributed by atoms with Crippen molar-refractivity contribution in [3.05, 3.63) is 29.8 Å². The highest BCUT2D eigenvalue weighted by atomic mass is 16.5. The SMILES string of the molecule is CCCC(Nc1cccc(COC)c1)C(=O)O. The molecule has 1 aromatic rings. The third-order valence-corrected chi connectivity index (χ3v) is 2.45. The normalized spacial score (nSPS) is 12.1. The molecule has 0 fully saturated rings. The van der Waals surface area contributed by atoms with Crippen LogP contribution in [0.4, 0.5) is 5.69 Å². The highest BCUT2D eigenvalue weighted by Crippen LogP contribution is 2.14. The first kappa shape index (κ1) is 13.5. The molecular formula is C13H19NO3. The van der Waals surface area contributed by atoms with Gasteiger partial charge in [-0.15, -0.1) is 0 Å². The summed E-state index contributed by atoms with van der Waals surface area (Å²) in [5.41, 5.74) is 1.85. The highest BCUT2D eigenvalue weighted by Gasteiger charge is 2.15. The number of hydrogen-bond donors (Lipinski definition) is 2. The molecule has 0 spiro atoms. The molecule has 2 N–H and O–H groups in total. The summed E-state index contributed by atoms with van der Waals surface area (Å²) in [6.45, 7) is 2.50. The second-order valence-corrected chi connectivity index (χ2v) is 3.96. The molecule has 17 heavy (non-hydrogen) atoms. The maximum Gasteiger partial charge on any atom is 0.326 e. The number of ether oxygens (including phenoxy) is 1. The standard InChI is InChI=1S/C13H19NO3/c1-3-5-12(13(15)16)14-11-7-4-6-10(8-11)9-17-2/h4,6-8,12,14H,3,5,9H2,1-2H3,(H,15,16). The molecule has 4 nitrogen and oxygen atoms in total. The molecule has 94 valence electrons. The van der Waals surface area contributed by atoms with Crippen LogP contribution in [0, 0.1) is 0 Å². The van der Waals surface area contributed by atoms with E-state index in [0.717, 1.165) is 17.7 Å². The van der Waals surface area contributed by atoms with Crippen LogP contribution < -0.4 is 5.32 Å². The molecule has 0 bridgehead atoms. The van der Waals surface area contributed by atoms with Crippen molar-refractivity contribution >= 4 is 11.7 Å². The van der Waals surface area contributed by atoms with Gasteiger partial charge in [0.1, 0.15) is 6.04 Å². The monoisotopic (exact) mass is 237 g/mol. The van der Waals surface area contributed by atoms with Gasteiger partial charge in [-0.3, -0.25) is 0 Å². The number of carboxylic acids is 1. The number of carboxylic acid groups (broad SMARTS) is 1. The summed E-state index contributed by atoms with van der Waals surface area (Å²) in [5, 5.41) is 12.1. The van der Waals surface area contributed by atoms with Crippen molar-refractivity contribution in [3.8, 4) is 0 Å². The van der Waals surface area contributed by atoms with Crippen molar-refractivity contribution in [3.63, 3.8) is 0 Å². The quantitative estimate of drug-likeness (QED) is 0.765. The minimum Gasteiger partial charge on any atom is -0.480 e. The zero-order valence-electron chi connectivity index (χ0n) is 10.3. The van der Waals surface area contributed by atoms with Crippen LogP contribution in [0.5, 0.6) is 0 Å². The van der Waals surface area contributed by atoms with E-state index in [0.29, 0.717) is 13.0 Å². The summed E-state index contributed by atoms with van der Waals surface area (Å²) in [6.07, 6.45) is 1.45. The van der Waals surface area contributed by atoms with Gasteiger partial charge in [-0.1, -0.05) is 25.5 Å². The molecule has 1 aromatic carbocycles. The van der Waals surface area contributed by atoms with E-state index in [2.05, 4.69) is 5.32 Å². The van der Waals surface area contributed by atoms with Gasteiger partial charge in [0.05, 0.1) is 6.61 Å². The van der Waals surface area contributed by atoms with Crippen LogP contribution in [0.2, 0.25) is 0 Å². The van der Waals surface area contributed by atoms with Gasteiger partial charge >= 0.3 is 5.97 Å². The topological polar surface area (TPSA) is 58.6 Å². The minimum absolute atomic E-state index is 0.529. The number of hydrogen-bond acceptors (Lipinski definition) is 3. The second-order valence-electron chi connectivity index (χ2n) is 3.96. The van der Waals surface area contributed by atoms with Gasteiger partial charge in [0, 0.05) is 12.8 Å². The molecule has 1 unspecified atom stereocenters. The smallest absolute Gasteiger partial charge is 0.326 e. The average Bonchev–Trinajstić information content (AvgIpc) is 2.29. The van der Waals surface area contributed by atoms with Crippen LogP contribution in [-0.2, 0) is 16.1 Å². The Balaban J connectivity index is 2.71. The Hall–Kier alpha value is -1.55. The summed E-state index contributed by atoms with van der Waals surface area (Å²) < 4.78 is 5.04. The van der Waals surface area contributed by atoms with Crippen molar-refractivity contribution < 1.29 is 14.6 Å². The molecular weight excluding hydrogens is 218 g/mol. The zero-order valence-corrected chi connectivity index (χ0v) is 10.3. The molecule has 0 aliphatic carbocycles. The lowest BCUT2D eigenvalue weighted by molar-refractivity contribution is -0.138. The molecule has 0 saturated heterocycles. The molecule has 0 radical (unpaired) electrons. The van der Waals surface area contributed by atoms with E-state index in [4.69, 9.17) is 9.84 Å². The molecule has 1 rings (SSSR count). The van der Waals surface area contributed by atoms with E-state index in [9.17, 15) is 4.79 Å². The largest absolute Gasteiger partial charge is 0.480 e. The van der Waals surface area contributed by atoms with Crippen molar-refractivity contribution in [2.75, 3.05) is 12.4 Å². The minimum atomic E-state index is -0.816.